The molecular weight excluding hydrogens is 569 g/mol. The topological polar surface area (TPSA) is 9.86 Å². The van der Waals surface area contributed by atoms with Crippen LogP contribution in [0.4, 0.5) is 0 Å². The molecule has 222 valence electrons. The van der Waals surface area contributed by atoms with Crippen molar-refractivity contribution in [3.05, 3.63) is 169 Å². The highest BCUT2D eigenvalue weighted by Crippen LogP contribution is 2.51. The number of rotatable bonds is 3. The van der Waals surface area contributed by atoms with Crippen LogP contribution in [0.5, 0.6) is 0 Å². The maximum absolute atomic E-state index is 2.48. The van der Waals surface area contributed by atoms with Crippen molar-refractivity contribution in [3.8, 4) is 33.6 Å². The van der Waals surface area contributed by atoms with E-state index in [9.17, 15) is 0 Å². The first-order valence-electron chi connectivity index (χ1n) is 16.5. The molecule has 0 atom stereocenters. The fourth-order valence-electron chi connectivity index (χ4n) is 8.33. The third kappa shape index (κ3) is 3.61. The Kier molecular flexibility index (Phi) is 5.37. The highest BCUT2D eigenvalue weighted by atomic mass is 15.0. The zero-order valence-electron chi connectivity index (χ0n) is 26.4. The van der Waals surface area contributed by atoms with Gasteiger partial charge >= 0.3 is 0 Å². The van der Waals surface area contributed by atoms with Gasteiger partial charge in [0, 0.05) is 38.2 Å². The molecule has 2 heterocycles. The van der Waals surface area contributed by atoms with Crippen LogP contribution in [0.1, 0.15) is 25.0 Å². The van der Waals surface area contributed by atoms with Crippen molar-refractivity contribution in [2.24, 2.45) is 0 Å². The molecule has 2 heteroatoms. The Morgan fingerprint density at radius 2 is 0.957 bits per heavy atom. The number of para-hydroxylation sites is 3. The highest BCUT2D eigenvalue weighted by Gasteiger charge is 2.36. The Bertz CT molecular complexity index is 2650. The molecule has 0 radical (unpaired) electrons. The van der Waals surface area contributed by atoms with Crippen LogP contribution in [0.3, 0.4) is 0 Å². The molecule has 9 aromatic rings. The SMILES string of the molecule is CC1(C)c2ccccc2-c2cc3c4ccccc4n(-c4ccc(-n5c6ccccc6c6ccccc65)c(-c5ccccc5)c4)c3cc21. The summed E-state index contributed by atoms with van der Waals surface area (Å²) in [6, 6.07) is 58.1. The van der Waals surface area contributed by atoms with Gasteiger partial charge in [-0.05, 0) is 76.3 Å². The number of hydrogen-bond donors (Lipinski definition) is 0. The van der Waals surface area contributed by atoms with Gasteiger partial charge in [-0.2, -0.15) is 0 Å². The van der Waals surface area contributed by atoms with Gasteiger partial charge in [0.2, 0.25) is 0 Å². The standard InChI is InChI=1S/C45H32N2/c1-45(2)38-20-10-6-16-31(38)36-27-37-34-19-9-11-21-40(34)46(44(37)28-39(36)45)30-24-25-43(35(26-30)29-14-4-3-5-15-29)47-41-22-12-7-17-32(41)33-18-8-13-23-42(33)47/h3-28H,1-2H3. The normalized spacial score (nSPS) is 13.5. The van der Waals surface area contributed by atoms with Crippen LogP contribution in [0.2, 0.25) is 0 Å². The molecule has 0 aliphatic heterocycles. The summed E-state index contributed by atoms with van der Waals surface area (Å²) in [5.41, 5.74) is 15.1. The molecule has 47 heavy (non-hydrogen) atoms. The van der Waals surface area contributed by atoms with E-state index in [0.29, 0.717) is 0 Å². The van der Waals surface area contributed by atoms with E-state index in [-0.39, 0.29) is 5.41 Å². The second kappa shape index (κ2) is 9.57. The van der Waals surface area contributed by atoms with Crippen LogP contribution in [0, 0.1) is 0 Å². The smallest absolute Gasteiger partial charge is 0.0544 e. The van der Waals surface area contributed by atoms with E-state index < -0.39 is 0 Å². The van der Waals surface area contributed by atoms with Crippen molar-refractivity contribution >= 4 is 43.6 Å². The Balaban J connectivity index is 1.28. The molecule has 7 aromatic carbocycles. The van der Waals surface area contributed by atoms with Gasteiger partial charge in [-0.1, -0.05) is 123 Å². The first-order valence-corrected chi connectivity index (χ1v) is 16.5. The molecule has 0 saturated heterocycles. The van der Waals surface area contributed by atoms with Crippen LogP contribution >= 0.6 is 0 Å². The predicted octanol–water partition coefficient (Wildman–Crippen LogP) is 11.9. The summed E-state index contributed by atoms with van der Waals surface area (Å²) in [5.74, 6) is 0. The van der Waals surface area contributed by atoms with Gasteiger partial charge in [0.15, 0.2) is 0 Å². The number of hydrogen-bond acceptors (Lipinski definition) is 0. The van der Waals surface area contributed by atoms with Gasteiger partial charge in [-0.3, -0.25) is 0 Å². The lowest BCUT2D eigenvalue weighted by Gasteiger charge is -2.22. The average Bonchev–Trinajstić information content (AvgIpc) is 3.71. The summed E-state index contributed by atoms with van der Waals surface area (Å²) in [6.45, 7) is 4.73. The van der Waals surface area contributed by atoms with E-state index in [1.165, 1.54) is 82.7 Å². The lowest BCUT2D eigenvalue weighted by Crippen LogP contribution is -2.15. The van der Waals surface area contributed by atoms with Crippen LogP contribution in [0.25, 0.3) is 77.2 Å². The molecule has 0 saturated carbocycles. The molecule has 0 N–H and O–H groups in total. The third-order valence-electron chi connectivity index (χ3n) is 10.5. The molecule has 2 nitrogen and oxygen atoms in total. The molecule has 0 spiro atoms. The van der Waals surface area contributed by atoms with Crippen molar-refractivity contribution in [2.45, 2.75) is 19.3 Å². The third-order valence-corrected chi connectivity index (χ3v) is 10.5. The van der Waals surface area contributed by atoms with E-state index in [0.717, 1.165) is 5.69 Å². The van der Waals surface area contributed by atoms with Crippen LogP contribution in [-0.2, 0) is 5.41 Å². The van der Waals surface area contributed by atoms with E-state index in [1.807, 2.05) is 0 Å². The molecule has 0 fully saturated rings. The maximum atomic E-state index is 2.48. The Morgan fingerprint density at radius 3 is 1.66 bits per heavy atom. The first kappa shape index (κ1) is 26.4. The molecule has 2 aromatic heterocycles. The first-order chi connectivity index (χ1) is 23.1. The zero-order chi connectivity index (χ0) is 31.3. The molecule has 0 bridgehead atoms. The van der Waals surface area contributed by atoms with Crippen LogP contribution in [-0.4, -0.2) is 9.13 Å². The van der Waals surface area contributed by atoms with Gasteiger partial charge in [-0.15, -0.1) is 0 Å². The van der Waals surface area contributed by atoms with Crippen LogP contribution in [0.15, 0.2) is 158 Å². The van der Waals surface area contributed by atoms with Gasteiger partial charge in [0.05, 0.1) is 27.8 Å². The van der Waals surface area contributed by atoms with Crippen LogP contribution < -0.4 is 0 Å². The average molecular weight is 601 g/mol. The maximum Gasteiger partial charge on any atom is 0.0544 e. The molecule has 1 aliphatic carbocycles. The van der Waals surface area contributed by atoms with Gasteiger partial charge in [0.1, 0.15) is 0 Å². The lowest BCUT2D eigenvalue weighted by molar-refractivity contribution is 0.661. The molecule has 0 amide bonds. The van der Waals surface area contributed by atoms with E-state index in [1.54, 1.807) is 0 Å². The van der Waals surface area contributed by atoms with Crippen molar-refractivity contribution in [2.75, 3.05) is 0 Å². The van der Waals surface area contributed by atoms with E-state index >= 15 is 0 Å². The highest BCUT2D eigenvalue weighted by molar-refractivity contribution is 6.12. The molecule has 1 aliphatic rings. The minimum Gasteiger partial charge on any atom is -0.309 e. The van der Waals surface area contributed by atoms with Gasteiger partial charge in [0.25, 0.3) is 0 Å². The molecule has 0 unspecified atom stereocenters. The monoisotopic (exact) mass is 600 g/mol. The number of nitrogens with zero attached hydrogens (tertiary/aromatic N) is 2. The second-order valence-corrected chi connectivity index (χ2v) is 13.4. The van der Waals surface area contributed by atoms with Gasteiger partial charge in [-0.25, -0.2) is 0 Å². The molecule has 10 rings (SSSR count). The minimum atomic E-state index is -0.0724. The van der Waals surface area contributed by atoms with Crippen molar-refractivity contribution in [3.63, 3.8) is 0 Å². The number of benzene rings is 7. The predicted molar refractivity (Wildman–Crippen MR) is 198 cm³/mol. The number of fused-ring (bicyclic) bond motifs is 9. The Morgan fingerprint density at radius 1 is 0.383 bits per heavy atom. The van der Waals surface area contributed by atoms with Crippen molar-refractivity contribution < 1.29 is 0 Å². The van der Waals surface area contributed by atoms with Crippen molar-refractivity contribution in [1.29, 1.82) is 0 Å². The lowest BCUT2D eigenvalue weighted by atomic mass is 9.82. The fraction of sp³-hybridized carbons (Fsp3) is 0.0667. The summed E-state index contributed by atoms with van der Waals surface area (Å²) < 4.78 is 4.92. The second-order valence-electron chi connectivity index (χ2n) is 13.4. The number of aromatic nitrogens is 2. The van der Waals surface area contributed by atoms with Gasteiger partial charge < -0.3 is 9.13 Å². The summed E-state index contributed by atoms with van der Waals surface area (Å²) in [7, 11) is 0. The summed E-state index contributed by atoms with van der Waals surface area (Å²) in [4.78, 5) is 0. The zero-order valence-corrected chi connectivity index (χ0v) is 26.4. The Labute approximate surface area is 273 Å². The van der Waals surface area contributed by atoms with E-state index in [4.69, 9.17) is 0 Å². The van der Waals surface area contributed by atoms with E-state index in [2.05, 4.69) is 181 Å². The minimum absolute atomic E-state index is 0.0724. The summed E-state index contributed by atoms with van der Waals surface area (Å²) in [6.07, 6.45) is 0. The Hall–Kier alpha value is -5.86. The summed E-state index contributed by atoms with van der Waals surface area (Å²) in [5, 5.41) is 5.11. The quantitative estimate of drug-likeness (QED) is 0.191. The van der Waals surface area contributed by atoms with Crippen molar-refractivity contribution in [1.82, 2.24) is 9.13 Å². The largest absolute Gasteiger partial charge is 0.309 e. The molecular formula is C45H32N2. The fourth-order valence-corrected chi connectivity index (χ4v) is 8.33. The summed E-state index contributed by atoms with van der Waals surface area (Å²) >= 11 is 0.